The van der Waals surface area contributed by atoms with Crippen LogP contribution < -0.4 is 0 Å². The minimum Gasteiger partial charge on any atom is -0.133 e. The van der Waals surface area contributed by atoms with E-state index in [4.69, 9.17) is 0 Å². The minimum atomic E-state index is 0.656. The molecule has 0 aliphatic rings. The van der Waals surface area contributed by atoms with Gasteiger partial charge >= 0.3 is 0 Å². The predicted molar refractivity (Wildman–Crippen MR) is 107 cm³/mol. The third-order valence-electron chi connectivity index (χ3n) is 5.23. The fourth-order valence-corrected chi connectivity index (χ4v) is 3.54. The lowest BCUT2D eigenvalue weighted by Crippen LogP contribution is -2.10. The van der Waals surface area contributed by atoms with Gasteiger partial charge in [-0.25, -0.2) is 0 Å². The zero-order chi connectivity index (χ0) is 17.2. The lowest BCUT2D eigenvalue weighted by atomic mass is 9.84. The van der Waals surface area contributed by atoms with Gasteiger partial charge in [-0.05, 0) is 30.8 Å². The Morgan fingerprint density at radius 3 is 1.52 bits per heavy atom. The maximum absolute atomic E-state index is 3.76. The second-order valence-electron chi connectivity index (χ2n) is 7.46. The van der Waals surface area contributed by atoms with Crippen LogP contribution in [-0.4, -0.2) is 0 Å². The molecular formula is C23H44. The van der Waals surface area contributed by atoms with Gasteiger partial charge in [0.25, 0.3) is 0 Å². The molecule has 0 fully saturated rings. The van der Waals surface area contributed by atoms with E-state index < -0.39 is 0 Å². The van der Waals surface area contributed by atoms with E-state index in [9.17, 15) is 0 Å². The monoisotopic (exact) mass is 320 g/mol. The van der Waals surface area contributed by atoms with Crippen molar-refractivity contribution in [2.45, 2.75) is 117 Å². The molecule has 0 N–H and O–H groups in total. The van der Waals surface area contributed by atoms with Crippen molar-refractivity contribution < 1.29 is 0 Å². The van der Waals surface area contributed by atoms with Gasteiger partial charge in [-0.1, -0.05) is 111 Å². The van der Waals surface area contributed by atoms with E-state index in [1.54, 1.807) is 0 Å². The molecule has 2 unspecified atom stereocenters. The normalized spacial score (nSPS) is 13.5. The first kappa shape index (κ1) is 22.5. The zero-order valence-corrected chi connectivity index (χ0v) is 16.5. The Labute approximate surface area is 147 Å². The average Bonchev–Trinajstić information content (AvgIpc) is 2.55. The number of hydrogen-bond donors (Lipinski definition) is 0. The number of hydrogen-bond acceptors (Lipinski definition) is 0. The second kappa shape index (κ2) is 17.9. The highest BCUT2D eigenvalue weighted by atomic mass is 14.2. The maximum Gasteiger partial charge on any atom is -0.0158 e. The van der Waals surface area contributed by atoms with E-state index in [1.165, 1.54) is 96.3 Å². The Morgan fingerprint density at radius 2 is 1.09 bits per heavy atom. The number of unbranched alkanes of at least 4 members (excludes halogenated alkanes) is 11. The highest BCUT2D eigenvalue weighted by Crippen LogP contribution is 2.26. The van der Waals surface area contributed by atoms with Crippen molar-refractivity contribution in [3.63, 3.8) is 0 Å². The highest BCUT2D eigenvalue weighted by Gasteiger charge is 2.14. The van der Waals surface area contributed by atoms with Gasteiger partial charge in [0.1, 0.15) is 0 Å². The topological polar surface area (TPSA) is 0 Å². The molecule has 0 heterocycles. The number of allylic oxidation sites excluding steroid dienone is 1. The van der Waals surface area contributed by atoms with Gasteiger partial charge in [0.15, 0.2) is 0 Å². The molecule has 23 heavy (non-hydrogen) atoms. The molecule has 0 aliphatic heterocycles. The van der Waals surface area contributed by atoms with Crippen LogP contribution in [-0.2, 0) is 0 Å². The molecule has 0 heteroatoms. The van der Waals surface area contributed by atoms with Crippen molar-refractivity contribution in [2.24, 2.45) is 11.8 Å². The summed E-state index contributed by atoms with van der Waals surface area (Å²) in [7, 11) is 0. The third-order valence-corrected chi connectivity index (χ3v) is 5.23. The molecule has 0 aromatic carbocycles. The first-order chi connectivity index (χ1) is 11.3. The van der Waals surface area contributed by atoms with Gasteiger partial charge in [0.2, 0.25) is 0 Å². The van der Waals surface area contributed by atoms with Crippen LogP contribution in [0, 0.1) is 11.8 Å². The molecule has 0 nitrogen and oxygen atoms in total. The minimum absolute atomic E-state index is 0.656. The Hall–Kier alpha value is -0.480. The van der Waals surface area contributed by atoms with Gasteiger partial charge in [0, 0.05) is 0 Å². The van der Waals surface area contributed by atoms with Crippen molar-refractivity contribution in [3.8, 4) is 0 Å². The molecular weight excluding hydrogens is 276 g/mol. The maximum atomic E-state index is 3.76. The predicted octanol–water partition coefficient (Wildman–Crippen LogP) is 8.47. The van der Waals surface area contributed by atoms with Gasteiger partial charge < -0.3 is 0 Å². The molecule has 0 bridgehead atoms. The summed E-state index contributed by atoms with van der Waals surface area (Å²) in [4.78, 5) is 0. The van der Waals surface area contributed by atoms with Crippen molar-refractivity contribution in [1.82, 2.24) is 0 Å². The molecule has 0 rings (SSSR count). The molecule has 0 saturated carbocycles. The van der Waals surface area contributed by atoms with Gasteiger partial charge in [-0.3, -0.25) is 0 Å². The van der Waals surface area contributed by atoms with E-state index in [0.717, 1.165) is 5.92 Å². The van der Waals surface area contributed by atoms with Crippen LogP contribution in [0.25, 0.3) is 0 Å². The summed E-state index contributed by atoms with van der Waals surface area (Å²) in [6.07, 6.45) is 23.4. The van der Waals surface area contributed by atoms with Crippen LogP contribution in [0.2, 0.25) is 0 Å². The van der Waals surface area contributed by atoms with Crippen molar-refractivity contribution in [1.29, 1.82) is 0 Å². The summed E-state index contributed by atoms with van der Waals surface area (Å²) in [5.74, 6) is 1.51. The first-order valence-corrected chi connectivity index (χ1v) is 10.6. The summed E-state index contributed by atoms with van der Waals surface area (Å²) in [6.45, 7) is 10.7. The zero-order valence-electron chi connectivity index (χ0n) is 16.5. The average molecular weight is 321 g/mol. The Kier molecular flexibility index (Phi) is 17.5. The largest absolute Gasteiger partial charge is 0.133 e. The summed E-state index contributed by atoms with van der Waals surface area (Å²) >= 11 is 0. The summed E-state index contributed by atoms with van der Waals surface area (Å²) in [5, 5.41) is 0. The summed E-state index contributed by atoms with van der Waals surface area (Å²) in [5.41, 5.74) is 3.01. The van der Waals surface area contributed by atoms with Gasteiger partial charge in [-0.2, -0.15) is 0 Å². The van der Waals surface area contributed by atoms with Gasteiger partial charge in [-0.15, -0.1) is 5.73 Å². The lowest BCUT2D eigenvalue weighted by molar-refractivity contribution is 0.337. The Balaban J connectivity index is 3.75. The van der Waals surface area contributed by atoms with E-state index in [-0.39, 0.29) is 0 Å². The van der Waals surface area contributed by atoms with Crippen LogP contribution in [0.1, 0.15) is 117 Å². The fraction of sp³-hybridized carbons (Fsp3) is 0.870. The molecule has 136 valence electrons. The highest BCUT2D eigenvalue weighted by molar-refractivity contribution is 4.86. The van der Waals surface area contributed by atoms with Gasteiger partial charge in [0.05, 0.1) is 0 Å². The number of rotatable bonds is 17. The van der Waals surface area contributed by atoms with Crippen LogP contribution in [0.5, 0.6) is 0 Å². The van der Waals surface area contributed by atoms with Crippen LogP contribution in [0.4, 0.5) is 0 Å². The third kappa shape index (κ3) is 14.8. The Morgan fingerprint density at radius 1 is 0.696 bits per heavy atom. The molecule has 0 aliphatic carbocycles. The van der Waals surface area contributed by atoms with Crippen LogP contribution in [0.3, 0.4) is 0 Å². The molecule has 0 aromatic rings. The summed E-state index contributed by atoms with van der Waals surface area (Å²) < 4.78 is 0. The van der Waals surface area contributed by atoms with E-state index in [0.29, 0.717) is 5.92 Å². The van der Waals surface area contributed by atoms with Crippen molar-refractivity contribution >= 4 is 0 Å². The molecule has 0 amide bonds. The smallest absolute Gasteiger partial charge is 0.0158 e. The molecule has 0 aromatic heterocycles. The first-order valence-electron chi connectivity index (χ1n) is 10.6. The van der Waals surface area contributed by atoms with E-state index >= 15 is 0 Å². The van der Waals surface area contributed by atoms with Crippen LogP contribution in [0.15, 0.2) is 18.4 Å². The molecule has 0 saturated heterocycles. The SMILES string of the molecule is C=C=CC(C)C(CCCCCC)CCCCCCCCCCC. The quantitative estimate of drug-likeness (QED) is 0.186. The van der Waals surface area contributed by atoms with Crippen molar-refractivity contribution in [3.05, 3.63) is 18.4 Å². The lowest BCUT2D eigenvalue weighted by Gasteiger charge is -2.21. The molecule has 2 atom stereocenters. The fourth-order valence-electron chi connectivity index (χ4n) is 3.54. The standard InChI is InChI=1S/C23H44/c1-5-8-10-12-13-14-15-16-18-21-23(22(4)19-7-3)20-17-11-9-6-2/h19,22-23H,3,5-6,8-18,20-21H2,1-2,4H3. The summed E-state index contributed by atoms with van der Waals surface area (Å²) in [6, 6.07) is 0. The second-order valence-corrected chi connectivity index (χ2v) is 7.46. The molecule has 0 spiro atoms. The van der Waals surface area contributed by atoms with E-state index in [1.807, 2.05) is 0 Å². The van der Waals surface area contributed by atoms with Crippen molar-refractivity contribution in [2.75, 3.05) is 0 Å². The van der Waals surface area contributed by atoms with Crippen LogP contribution >= 0.6 is 0 Å². The molecule has 0 radical (unpaired) electrons. The Bertz CT molecular complexity index is 272. The van der Waals surface area contributed by atoms with E-state index in [2.05, 4.69) is 39.2 Å².